The molecule has 76 valence electrons. The van der Waals surface area contributed by atoms with Gasteiger partial charge in [0.1, 0.15) is 0 Å². The zero-order chi connectivity index (χ0) is 9.97. The molecule has 3 heteroatoms. The molecule has 2 rings (SSSR count). The van der Waals surface area contributed by atoms with Crippen LogP contribution in [0.1, 0.15) is 17.4 Å². The molecule has 1 unspecified atom stereocenters. The number of nitrogens with zero attached hydrogens (tertiary/aromatic N) is 2. The van der Waals surface area contributed by atoms with Gasteiger partial charge in [-0.05, 0) is 26.1 Å². The molecule has 1 atom stereocenters. The number of nitrogens with one attached hydrogen (secondary N) is 1. The van der Waals surface area contributed by atoms with E-state index >= 15 is 0 Å². The van der Waals surface area contributed by atoms with E-state index in [4.69, 9.17) is 0 Å². The fraction of sp³-hybridized carbons (Fsp3) is 0.545. The van der Waals surface area contributed by atoms with E-state index in [0.29, 0.717) is 6.04 Å². The fourth-order valence-electron chi connectivity index (χ4n) is 1.85. The molecule has 1 aromatic heterocycles. The molecule has 3 nitrogen and oxygen atoms in total. The van der Waals surface area contributed by atoms with Crippen molar-refractivity contribution in [3.05, 3.63) is 29.6 Å². The second-order valence-electron chi connectivity index (χ2n) is 3.97. The summed E-state index contributed by atoms with van der Waals surface area (Å²) >= 11 is 0. The van der Waals surface area contributed by atoms with Gasteiger partial charge in [0.2, 0.25) is 0 Å². The van der Waals surface area contributed by atoms with Crippen molar-refractivity contribution in [2.75, 3.05) is 26.7 Å². The van der Waals surface area contributed by atoms with Gasteiger partial charge in [0.05, 0.1) is 11.7 Å². The third-order valence-electron chi connectivity index (χ3n) is 2.65. The third kappa shape index (κ3) is 2.11. The van der Waals surface area contributed by atoms with Crippen molar-refractivity contribution in [2.45, 2.75) is 13.0 Å². The molecular formula is C11H17N3. The third-order valence-corrected chi connectivity index (χ3v) is 2.65. The number of pyridine rings is 1. The Balaban J connectivity index is 2.14. The lowest BCUT2D eigenvalue weighted by atomic mass is 10.1. The summed E-state index contributed by atoms with van der Waals surface area (Å²) in [4.78, 5) is 6.88. The molecule has 0 aromatic carbocycles. The van der Waals surface area contributed by atoms with Gasteiger partial charge < -0.3 is 10.2 Å². The quantitative estimate of drug-likeness (QED) is 0.717. The van der Waals surface area contributed by atoms with Gasteiger partial charge in [-0.3, -0.25) is 4.98 Å². The largest absolute Gasteiger partial charge is 0.306 e. The minimum absolute atomic E-state index is 0.397. The van der Waals surface area contributed by atoms with E-state index in [9.17, 15) is 0 Å². The molecule has 1 aliphatic heterocycles. The summed E-state index contributed by atoms with van der Waals surface area (Å²) < 4.78 is 0. The lowest BCUT2D eigenvalue weighted by molar-refractivity contribution is 0.238. The number of likely N-dealkylation sites (N-methyl/N-ethyl adjacent to an activating group) is 1. The van der Waals surface area contributed by atoms with Crippen molar-refractivity contribution >= 4 is 0 Å². The summed E-state index contributed by atoms with van der Waals surface area (Å²) in [7, 11) is 2.16. The molecular weight excluding hydrogens is 174 g/mol. The Kier molecular flexibility index (Phi) is 2.79. The van der Waals surface area contributed by atoms with Crippen LogP contribution < -0.4 is 5.32 Å². The summed E-state index contributed by atoms with van der Waals surface area (Å²) in [6, 6.07) is 6.61. The predicted molar refractivity (Wildman–Crippen MR) is 57.2 cm³/mol. The molecule has 0 bridgehead atoms. The van der Waals surface area contributed by atoms with Crippen LogP contribution in [0.25, 0.3) is 0 Å². The van der Waals surface area contributed by atoms with Crippen molar-refractivity contribution in [3.8, 4) is 0 Å². The van der Waals surface area contributed by atoms with Crippen molar-refractivity contribution < 1.29 is 0 Å². The minimum atomic E-state index is 0.397. The van der Waals surface area contributed by atoms with Gasteiger partial charge >= 0.3 is 0 Å². The van der Waals surface area contributed by atoms with E-state index < -0.39 is 0 Å². The van der Waals surface area contributed by atoms with E-state index in [0.717, 1.165) is 31.0 Å². The first kappa shape index (κ1) is 9.62. The van der Waals surface area contributed by atoms with Gasteiger partial charge in [-0.15, -0.1) is 0 Å². The first-order valence-electron chi connectivity index (χ1n) is 5.11. The molecule has 1 saturated heterocycles. The first-order chi connectivity index (χ1) is 6.75. The Morgan fingerprint density at radius 3 is 3.07 bits per heavy atom. The summed E-state index contributed by atoms with van der Waals surface area (Å²) in [5.74, 6) is 0. The van der Waals surface area contributed by atoms with Crippen molar-refractivity contribution in [2.24, 2.45) is 0 Å². The van der Waals surface area contributed by atoms with E-state index in [-0.39, 0.29) is 0 Å². The van der Waals surface area contributed by atoms with Gasteiger partial charge in [-0.25, -0.2) is 0 Å². The Morgan fingerprint density at radius 2 is 2.36 bits per heavy atom. The van der Waals surface area contributed by atoms with Gasteiger partial charge in [-0.2, -0.15) is 0 Å². The van der Waals surface area contributed by atoms with Gasteiger partial charge in [0, 0.05) is 25.3 Å². The summed E-state index contributed by atoms with van der Waals surface area (Å²) in [6.07, 6.45) is 0. The van der Waals surface area contributed by atoms with Crippen LogP contribution >= 0.6 is 0 Å². The maximum atomic E-state index is 4.54. The number of aromatic nitrogens is 1. The van der Waals surface area contributed by atoms with Crippen molar-refractivity contribution in [1.29, 1.82) is 0 Å². The fourth-order valence-corrected chi connectivity index (χ4v) is 1.85. The van der Waals surface area contributed by atoms with Crippen molar-refractivity contribution in [3.63, 3.8) is 0 Å². The van der Waals surface area contributed by atoms with Gasteiger partial charge in [0.15, 0.2) is 0 Å². The smallest absolute Gasteiger partial charge is 0.0624 e. The Morgan fingerprint density at radius 1 is 1.50 bits per heavy atom. The molecule has 1 aliphatic rings. The van der Waals surface area contributed by atoms with Crippen LogP contribution in [0.5, 0.6) is 0 Å². The maximum Gasteiger partial charge on any atom is 0.0624 e. The van der Waals surface area contributed by atoms with Crippen LogP contribution in [0.4, 0.5) is 0 Å². The zero-order valence-electron chi connectivity index (χ0n) is 8.83. The van der Waals surface area contributed by atoms with Gasteiger partial charge in [-0.1, -0.05) is 6.07 Å². The first-order valence-corrected chi connectivity index (χ1v) is 5.11. The van der Waals surface area contributed by atoms with Crippen LogP contribution in [0.2, 0.25) is 0 Å². The summed E-state index contributed by atoms with van der Waals surface area (Å²) in [5.41, 5.74) is 2.26. The monoisotopic (exact) mass is 191 g/mol. The standard InChI is InChI=1S/C11H17N3/c1-9-4-3-5-10(13-9)11-8-14(2)7-6-12-11/h3-5,11-12H,6-8H2,1-2H3. The molecule has 0 spiro atoms. The highest BCUT2D eigenvalue weighted by molar-refractivity contribution is 5.14. The number of rotatable bonds is 1. The highest BCUT2D eigenvalue weighted by Crippen LogP contribution is 2.14. The van der Waals surface area contributed by atoms with Gasteiger partial charge in [0.25, 0.3) is 0 Å². The lowest BCUT2D eigenvalue weighted by Crippen LogP contribution is -2.44. The van der Waals surface area contributed by atoms with E-state index in [2.05, 4.69) is 34.4 Å². The molecule has 0 radical (unpaired) electrons. The topological polar surface area (TPSA) is 28.2 Å². The van der Waals surface area contributed by atoms with Crippen LogP contribution in [0.15, 0.2) is 18.2 Å². The molecule has 1 fully saturated rings. The number of aryl methyl sites for hydroxylation is 1. The SMILES string of the molecule is Cc1cccc(C2CN(C)CCN2)n1. The van der Waals surface area contributed by atoms with E-state index in [1.54, 1.807) is 0 Å². The van der Waals surface area contributed by atoms with Crippen LogP contribution in [-0.2, 0) is 0 Å². The average Bonchev–Trinajstić information content (AvgIpc) is 2.18. The zero-order valence-corrected chi connectivity index (χ0v) is 8.83. The highest BCUT2D eigenvalue weighted by Gasteiger charge is 2.18. The Labute approximate surface area is 85.1 Å². The van der Waals surface area contributed by atoms with Crippen molar-refractivity contribution in [1.82, 2.24) is 15.2 Å². The molecule has 1 aromatic rings. The minimum Gasteiger partial charge on any atom is -0.306 e. The Hall–Kier alpha value is -0.930. The maximum absolute atomic E-state index is 4.54. The van der Waals surface area contributed by atoms with Crippen LogP contribution in [-0.4, -0.2) is 36.6 Å². The molecule has 2 heterocycles. The van der Waals surface area contributed by atoms with Crippen LogP contribution in [0, 0.1) is 6.92 Å². The Bertz CT molecular complexity index is 311. The van der Waals surface area contributed by atoms with Crippen LogP contribution in [0.3, 0.4) is 0 Å². The number of hydrogen-bond donors (Lipinski definition) is 1. The van der Waals surface area contributed by atoms with E-state index in [1.807, 2.05) is 13.0 Å². The molecule has 0 saturated carbocycles. The molecule has 0 amide bonds. The second-order valence-corrected chi connectivity index (χ2v) is 3.97. The second kappa shape index (κ2) is 4.07. The molecule has 0 aliphatic carbocycles. The highest BCUT2D eigenvalue weighted by atomic mass is 15.2. The summed E-state index contributed by atoms with van der Waals surface area (Å²) in [5, 5.41) is 3.49. The number of hydrogen-bond acceptors (Lipinski definition) is 3. The normalized spacial score (nSPS) is 23.7. The molecule has 14 heavy (non-hydrogen) atoms. The average molecular weight is 191 g/mol. The lowest BCUT2D eigenvalue weighted by Gasteiger charge is -2.30. The van der Waals surface area contributed by atoms with E-state index in [1.165, 1.54) is 0 Å². The summed E-state index contributed by atoms with van der Waals surface area (Å²) in [6.45, 7) is 5.27. The molecule has 1 N–H and O–H groups in total. The predicted octanol–water partition coefficient (Wildman–Crippen LogP) is 0.966. The number of piperazine rings is 1.